The van der Waals surface area contributed by atoms with Crippen LogP contribution in [0.2, 0.25) is 0 Å². The molecule has 0 aliphatic carbocycles. The van der Waals surface area contributed by atoms with Gasteiger partial charge in [-0.15, -0.1) is 0 Å². The van der Waals surface area contributed by atoms with Gasteiger partial charge in [-0.3, -0.25) is 9.97 Å². The first-order chi connectivity index (χ1) is 8.04. The van der Waals surface area contributed by atoms with Crippen molar-refractivity contribution in [3.05, 3.63) is 36.2 Å². The number of rotatable bonds is 3. The molecule has 2 aromatic rings. The zero-order chi connectivity index (χ0) is 12.3. The van der Waals surface area contributed by atoms with Crippen molar-refractivity contribution in [2.24, 2.45) is 0 Å². The van der Waals surface area contributed by atoms with Gasteiger partial charge in [0.2, 0.25) is 0 Å². The highest BCUT2D eigenvalue weighted by molar-refractivity contribution is 5.74. The third-order valence-corrected chi connectivity index (χ3v) is 2.19. The van der Waals surface area contributed by atoms with Crippen LogP contribution in [-0.4, -0.2) is 22.7 Å². The molecule has 0 amide bonds. The van der Waals surface area contributed by atoms with Crippen LogP contribution in [0, 0.1) is 0 Å². The van der Waals surface area contributed by atoms with E-state index < -0.39 is 12.7 Å². The van der Waals surface area contributed by atoms with Crippen molar-refractivity contribution in [3.63, 3.8) is 0 Å². The average Bonchev–Trinajstić information content (AvgIpc) is 2.27. The van der Waals surface area contributed by atoms with E-state index in [2.05, 4.69) is 15.3 Å². The van der Waals surface area contributed by atoms with E-state index in [9.17, 15) is 13.2 Å². The molecule has 0 bridgehead atoms. The predicted molar refractivity (Wildman–Crippen MR) is 57.3 cm³/mol. The molecule has 1 aromatic carbocycles. The van der Waals surface area contributed by atoms with Crippen LogP contribution in [0.4, 0.5) is 13.2 Å². The van der Waals surface area contributed by atoms with Crippen LogP contribution in [0.25, 0.3) is 11.0 Å². The Morgan fingerprint density at radius 3 is 2.47 bits per heavy atom. The number of nitrogens with zero attached hydrogens (tertiary/aromatic N) is 2. The third-order valence-electron chi connectivity index (χ3n) is 2.19. The average molecular weight is 241 g/mol. The van der Waals surface area contributed by atoms with Gasteiger partial charge in [0.1, 0.15) is 0 Å². The molecule has 1 heterocycles. The molecule has 1 aromatic heterocycles. The van der Waals surface area contributed by atoms with Crippen molar-refractivity contribution < 1.29 is 13.2 Å². The molecule has 0 atom stereocenters. The molecular formula is C11H10F3N3. The normalized spacial score (nSPS) is 11.9. The number of halogens is 3. The largest absolute Gasteiger partial charge is 0.401 e. The highest BCUT2D eigenvalue weighted by Gasteiger charge is 2.25. The fraction of sp³-hybridized carbons (Fsp3) is 0.273. The summed E-state index contributed by atoms with van der Waals surface area (Å²) in [4.78, 5) is 8.17. The lowest BCUT2D eigenvalue weighted by Gasteiger charge is -2.08. The van der Waals surface area contributed by atoms with Gasteiger partial charge in [-0.25, -0.2) is 0 Å². The first-order valence-electron chi connectivity index (χ1n) is 5.02. The van der Waals surface area contributed by atoms with Gasteiger partial charge < -0.3 is 5.32 Å². The van der Waals surface area contributed by atoms with E-state index in [1.807, 2.05) is 0 Å². The maximum absolute atomic E-state index is 11.9. The van der Waals surface area contributed by atoms with Crippen molar-refractivity contribution in [3.8, 4) is 0 Å². The number of aromatic nitrogens is 2. The van der Waals surface area contributed by atoms with Crippen LogP contribution in [0.15, 0.2) is 30.6 Å². The summed E-state index contributed by atoms with van der Waals surface area (Å²) in [5.74, 6) is 0. The van der Waals surface area contributed by atoms with Gasteiger partial charge in [-0.05, 0) is 17.7 Å². The lowest BCUT2D eigenvalue weighted by atomic mass is 10.2. The Morgan fingerprint density at radius 2 is 1.76 bits per heavy atom. The number of hydrogen-bond acceptors (Lipinski definition) is 3. The molecule has 0 aliphatic heterocycles. The molecule has 6 heteroatoms. The third kappa shape index (κ3) is 3.39. The fourth-order valence-corrected chi connectivity index (χ4v) is 1.47. The van der Waals surface area contributed by atoms with Gasteiger partial charge >= 0.3 is 6.18 Å². The molecule has 0 aliphatic rings. The molecule has 0 spiro atoms. The predicted octanol–water partition coefficient (Wildman–Crippen LogP) is 2.28. The summed E-state index contributed by atoms with van der Waals surface area (Å²) >= 11 is 0. The Bertz CT molecular complexity index is 511. The second kappa shape index (κ2) is 4.67. The maximum atomic E-state index is 11.9. The summed E-state index contributed by atoms with van der Waals surface area (Å²) in [7, 11) is 0. The number of nitrogens with one attached hydrogen (secondary N) is 1. The number of hydrogen-bond donors (Lipinski definition) is 1. The first-order valence-corrected chi connectivity index (χ1v) is 5.02. The van der Waals surface area contributed by atoms with Crippen LogP contribution < -0.4 is 5.32 Å². The summed E-state index contributed by atoms with van der Waals surface area (Å²) < 4.78 is 35.8. The molecule has 0 saturated carbocycles. The summed E-state index contributed by atoms with van der Waals surface area (Å²) in [6.07, 6.45) is -1.06. The van der Waals surface area contributed by atoms with E-state index >= 15 is 0 Å². The summed E-state index contributed by atoms with van der Waals surface area (Å²) in [5.41, 5.74) is 2.16. The standard InChI is InChI=1S/C11H10F3N3/c12-11(13,14)7-15-6-8-1-2-9-10(5-8)17-4-3-16-9/h1-5,15H,6-7H2. The molecule has 2 rings (SSSR count). The number of fused-ring (bicyclic) bond motifs is 1. The summed E-state index contributed by atoms with van der Waals surface area (Å²) in [5, 5.41) is 2.33. The Balaban J connectivity index is 2.04. The smallest absolute Gasteiger partial charge is 0.305 e. The SMILES string of the molecule is FC(F)(F)CNCc1ccc2nccnc2c1. The zero-order valence-electron chi connectivity index (χ0n) is 8.83. The lowest BCUT2D eigenvalue weighted by molar-refractivity contribution is -0.125. The van der Waals surface area contributed by atoms with Gasteiger partial charge in [0.25, 0.3) is 0 Å². The molecular weight excluding hydrogens is 231 g/mol. The quantitative estimate of drug-likeness (QED) is 0.895. The Kier molecular flexibility index (Phi) is 3.23. The number of benzene rings is 1. The lowest BCUT2D eigenvalue weighted by Crippen LogP contribution is -2.28. The topological polar surface area (TPSA) is 37.8 Å². The van der Waals surface area contributed by atoms with E-state index in [0.717, 1.165) is 11.1 Å². The monoisotopic (exact) mass is 241 g/mol. The molecule has 0 radical (unpaired) electrons. The van der Waals surface area contributed by atoms with Crippen LogP contribution >= 0.6 is 0 Å². The Hall–Kier alpha value is -1.69. The van der Waals surface area contributed by atoms with Gasteiger partial charge in [0, 0.05) is 18.9 Å². The van der Waals surface area contributed by atoms with E-state index in [-0.39, 0.29) is 6.54 Å². The van der Waals surface area contributed by atoms with E-state index in [4.69, 9.17) is 0 Å². The van der Waals surface area contributed by atoms with Crippen LogP contribution in [-0.2, 0) is 6.54 Å². The van der Waals surface area contributed by atoms with Crippen LogP contribution in [0.5, 0.6) is 0 Å². The second-order valence-corrected chi connectivity index (χ2v) is 3.60. The summed E-state index contributed by atoms with van der Waals surface area (Å²) in [6, 6.07) is 5.21. The summed E-state index contributed by atoms with van der Waals surface area (Å²) in [6.45, 7) is -0.836. The van der Waals surface area contributed by atoms with Crippen molar-refractivity contribution in [1.29, 1.82) is 0 Å². The van der Waals surface area contributed by atoms with Gasteiger partial charge in [-0.1, -0.05) is 6.07 Å². The van der Waals surface area contributed by atoms with E-state index in [1.54, 1.807) is 30.6 Å². The highest BCUT2D eigenvalue weighted by atomic mass is 19.4. The van der Waals surface area contributed by atoms with E-state index in [0.29, 0.717) is 5.52 Å². The van der Waals surface area contributed by atoms with Crippen molar-refractivity contribution in [2.75, 3.05) is 6.54 Å². The molecule has 1 N–H and O–H groups in total. The van der Waals surface area contributed by atoms with Gasteiger partial charge in [-0.2, -0.15) is 13.2 Å². The minimum absolute atomic E-state index is 0.159. The molecule has 3 nitrogen and oxygen atoms in total. The van der Waals surface area contributed by atoms with E-state index in [1.165, 1.54) is 0 Å². The van der Waals surface area contributed by atoms with Crippen LogP contribution in [0.3, 0.4) is 0 Å². The molecule has 17 heavy (non-hydrogen) atoms. The minimum atomic E-state index is -4.18. The molecule has 0 unspecified atom stereocenters. The highest BCUT2D eigenvalue weighted by Crippen LogP contribution is 2.14. The molecule has 90 valence electrons. The maximum Gasteiger partial charge on any atom is 0.401 e. The first kappa shape index (κ1) is 11.8. The Labute approximate surface area is 95.7 Å². The van der Waals surface area contributed by atoms with Crippen molar-refractivity contribution in [2.45, 2.75) is 12.7 Å². The van der Waals surface area contributed by atoms with Crippen molar-refractivity contribution >= 4 is 11.0 Å². The fourth-order valence-electron chi connectivity index (χ4n) is 1.47. The minimum Gasteiger partial charge on any atom is -0.305 e. The van der Waals surface area contributed by atoms with Crippen LogP contribution in [0.1, 0.15) is 5.56 Å². The Morgan fingerprint density at radius 1 is 1.06 bits per heavy atom. The molecule has 0 saturated heterocycles. The van der Waals surface area contributed by atoms with Gasteiger partial charge in [0.15, 0.2) is 0 Å². The second-order valence-electron chi connectivity index (χ2n) is 3.60. The zero-order valence-corrected chi connectivity index (χ0v) is 8.83. The van der Waals surface area contributed by atoms with Crippen molar-refractivity contribution in [1.82, 2.24) is 15.3 Å². The molecule has 0 fully saturated rings. The number of alkyl halides is 3. The van der Waals surface area contributed by atoms with Gasteiger partial charge in [0.05, 0.1) is 17.6 Å².